The van der Waals surface area contributed by atoms with Gasteiger partial charge in [0, 0.05) is 130 Å². The number of imide groups is 1. The second kappa shape index (κ2) is 36.0. The zero-order valence-electron chi connectivity index (χ0n) is 62.9. The summed E-state index contributed by atoms with van der Waals surface area (Å²) in [5, 5.41) is 39.3. The summed E-state index contributed by atoms with van der Waals surface area (Å²) in [7, 11) is -1.67. The first-order valence-corrected chi connectivity index (χ1v) is 39.1. The van der Waals surface area contributed by atoms with Crippen molar-refractivity contribution < 1.29 is 99.8 Å². The van der Waals surface area contributed by atoms with Crippen LogP contribution in [0.5, 0.6) is 17.2 Å². The zero-order chi connectivity index (χ0) is 79.3. The van der Waals surface area contributed by atoms with Gasteiger partial charge in [0.25, 0.3) is 27.8 Å². The number of rotatable bonds is 36. The van der Waals surface area contributed by atoms with Gasteiger partial charge in [0.15, 0.2) is 16.9 Å². The third kappa shape index (κ3) is 21.7. The molecule has 0 spiro atoms. The average molecular weight is 1560 g/mol. The smallest absolute Gasteiger partial charge is 0.410 e. The molecule has 3 aromatic carbocycles. The molecule has 6 amide bonds. The number of carbonyl (C=O) groups excluding carboxylic acids is 6. The van der Waals surface area contributed by atoms with E-state index in [1.54, 1.807) is 44.4 Å². The normalized spacial score (nSPS) is 22.1. The van der Waals surface area contributed by atoms with E-state index in [0.717, 1.165) is 45.5 Å². The van der Waals surface area contributed by atoms with E-state index in [4.69, 9.17) is 48.9 Å². The van der Waals surface area contributed by atoms with Crippen LogP contribution in [-0.2, 0) is 72.6 Å². The quantitative estimate of drug-likeness (QED) is 0.00812. The minimum atomic E-state index is -4.76. The maximum atomic E-state index is 14.3. The lowest BCUT2D eigenvalue weighted by Crippen LogP contribution is -2.57. The molecule has 2 aliphatic carbocycles. The van der Waals surface area contributed by atoms with Gasteiger partial charge in [0.2, 0.25) is 18.1 Å². The number of methoxy groups -OCH3 is 2. The van der Waals surface area contributed by atoms with Crippen molar-refractivity contribution in [3.63, 3.8) is 0 Å². The number of aromatic carboxylic acids is 1. The number of nitrogens with zero attached hydrogens (tertiary/aromatic N) is 6. The maximum Gasteiger partial charge on any atom is 0.410 e. The molecule has 10 rings (SSSR count). The number of allylic oxidation sites excluding steroid dienone is 1. The van der Waals surface area contributed by atoms with Gasteiger partial charge in [-0.05, 0) is 135 Å². The largest absolute Gasteiger partial charge is 0.496 e. The van der Waals surface area contributed by atoms with Gasteiger partial charge in [0.05, 0.1) is 48.9 Å². The van der Waals surface area contributed by atoms with Crippen molar-refractivity contribution >= 4 is 101 Å². The summed E-state index contributed by atoms with van der Waals surface area (Å²) in [4.78, 5) is 122. The van der Waals surface area contributed by atoms with Crippen LogP contribution < -0.4 is 40.8 Å². The highest BCUT2D eigenvalue weighted by Crippen LogP contribution is 2.63. The number of fused-ring (bicyclic) bond motifs is 4. The molecule has 5 aliphatic rings. The summed E-state index contributed by atoms with van der Waals surface area (Å²) >= 11 is 1.37. The Labute approximate surface area is 642 Å². The number of para-hydroxylation sites is 1. The number of aliphatic imine (C=N–C) groups is 1. The highest BCUT2D eigenvalue weighted by molar-refractivity contribution is 7.85. The minimum Gasteiger partial charge on any atom is -0.496 e. The molecule has 3 unspecified atom stereocenters. The van der Waals surface area contributed by atoms with Gasteiger partial charge in [-0.3, -0.25) is 43.7 Å². The first-order valence-electron chi connectivity index (χ1n) is 36.6. The van der Waals surface area contributed by atoms with Crippen molar-refractivity contribution in [1.82, 2.24) is 30.4 Å². The summed E-state index contributed by atoms with van der Waals surface area (Å²) in [6.45, 7) is 11.9. The van der Waals surface area contributed by atoms with E-state index in [0.29, 0.717) is 84.3 Å². The van der Waals surface area contributed by atoms with Crippen molar-refractivity contribution in [2.24, 2.45) is 27.0 Å². The van der Waals surface area contributed by atoms with E-state index in [2.05, 4.69) is 48.6 Å². The number of aliphatic hydroxyl groups is 1. The molecular formula is C77H98N10O21S2. The van der Waals surface area contributed by atoms with E-state index in [9.17, 15) is 66.6 Å². The minimum absolute atomic E-state index is 0.0494. The number of thiazole rings is 1. The number of aliphatic carboxylic acids is 1. The Morgan fingerprint density at radius 3 is 2.34 bits per heavy atom. The number of carboxylic acids is 2. The number of benzene rings is 3. The SMILES string of the molecule is COCCN(CCOC12CC(C)(C)CC(C)(CC(C)(CN=C(C)C(=CN)c3ccc(N4CCc5c(OC)ccc(C(=O)Nc6nc7ccccc7s6)c5C4)nc3C(=O)O)C1)C2)C(=O)OCc1ccc(O[C@H]2C[C@@H](O)C[C@@H](C(=O)O)O2)cc1OCCCNC(=O)[C@H](CS(=O)(=O)O)NC(=O)CCCCCN1C(=O)C=CC1=O. The van der Waals surface area contributed by atoms with E-state index in [-0.39, 0.29) is 131 Å². The number of hydrogen-bond acceptors (Lipinski definition) is 24. The number of unbranched alkanes of at least 4 members (excludes halogenated alkanes) is 2. The third-order valence-electron chi connectivity index (χ3n) is 20.2. The zero-order valence-corrected chi connectivity index (χ0v) is 64.5. The van der Waals surface area contributed by atoms with Gasteiger partial charge < -0.3 is 74.6 Å². The maximum absolute atomic E-state index is 14.3. The Morgan fingerprint density at radius 1 is 0.864 bits per heavy atom. The number of aromatic nitrogens is 2. The Kier molecular flexibility index (Phi) is 27.1. The fourth-order valence-corrected chi connectivity index (χ4v) is 17.9. The van der Waals surface area contributed by atoms with Gasteiger partial charge in [-0.15, -0.1) is 0 Å². The van der Waals surface area contributed by atoms with Crippen molar-refractivity contribution in [2.75, 3.05) is 89.3 Å². The fraction of sp³-hybridized carbons (Fsp3) is 0.519. The number of nitrogens with two attached hydrogens (primary N) is 1. The Bertz CT molecular complexity index is 4420. The standard InChI is InChI=1S/C77H98N10O21S2/c1-47(54(37-78)52-20-22-62(83-67(52)71(96)97)86-28-25-51-55(38-86)53(19-21-58(51)103-7)68(92)84-72-82-56-14-10-11-15-61(56)109-72)80-46-76(5)43-75(4)41-74(2,3)42-77(44-75,45-76)106-33-30-85(29-32-102-6)73(98)105-39-48-17-18-50(107-66-35-49(88)34-60(108-66)70(94)95)36-59(48)104-31-13-26-79-69(93)57(40-110(99,100)101)81-63(89)16-9-8-12-27-87-64(90)23-24-65(87)91/h10-11,14-15,17-24,36-37,49,57,60,66,88H,8-9,12-13,16,25-35,38-46,78H2,1-7H3,(H,79,93)(H,81,89)(H,94,95)(H,96,97)(H,82,84,92)(H,99,100,101)/t49-,57-,60-,66+,75?,76?,77?/m0/s1. The summed E-state index contributed by atoms with van der Waals surface area (Å²) < 4.78 is 76.6. The second-order valence-corrected chi connectivity index (χ2v) is 32.7. The molecule has 1 saturated heterocycles. The molecule has 2 bridgehead atoms. The number of carboxylic acid groups (broad SMARTS) is 2. The predicted octanol–water partition coefficient (Wildman–Crippen LogP) is 8.10. The molecule has 5 heterocycles. The first kappa shape index (κ1) is 82.8. The van der Waals surface area contributed by atoms with Crippen LogP contribution in [0.4, 0.5) is 15.7 Å². The van der Waals surface area contributed by atoms with Crippen LogP contribution in [0.1, 0.15) is 155 Å². The topological polar surface area (TPSA) is 426 Å². The number of carbonyl (C=O) groups is 8. The summed E-state index contributed by atoms with van der Waals surface area (Å²) in [6, 6.07) is 17.4. The Balaban J connectivity index is 0.775. The average Bonchev–Trinajstić information content (AvgIpc) is 0.765. The van der Waals surface area contributed by atoms with Crippen LogP contribution in [0.2, 0.25) is 0 Å². The lowest BCUT2D eigenvalue weighted by atomic mass is 9.48. The molecule has 5 aromatic rings. The molecular weight excluding hydrogens is 1470 g/mol. The number of amides is 6. The van der Waals surface area contributed by atoms with Crippen LogP contribution in [0.25, 0.3) is 15.8 Å². The van der Waals surface area contributed by atoms with Crippen LogP contribution in [-0.4, -0.2) is 211 Å². The van der Waals surface area contributed by atoms with Crippen molar-refractivity contribution in [3.05, 3.63) is 119 Å². The Morgan fingerprint density at radius 2 is 1.62 bits per heavy atom. The van der Waals surface area contributed by atoms with Gasteiger partial charge in [-0.2, -0.15) is 8.42 Å². The number of ether oxygens (including phenoxy) is 7. The lowest BCUT2D eigenvalue weighted by molar-refractivity contribution is -0.195. The van der Waals surface area contributed by atoms with E-state index in [1.807, 2.05) is 29.2 Å². The second-order valence-electron chi connectivity index (χ2n) is 30.2. The summed E-state index contributed by atoms with van der Waals surface area (Å²) in [5.74, 6) is -5.14. The van der Waals surface area contributed by atoms with Crippen LogP contribution >= 0.6 is 11.3 Å². The van der Waals surface area contributed by atoms with Gasteiger partial charge in [0.1, 0.15) is 41.5 Å². The molecule has 2 saturated carbocycles. The number of nitrogens with one attached hydrogen (secondary N) is 3. The van der Waals surface area contributed by atoms with Gasteiger partial charge in [-0.1, -0.05) is 57.6 Å². The number of anilines is 2. The van der Waals surface area contributed by atoms with Crippen LogP contribution in [0.3, 0.4) is 0 Å². The van der Waals surface area contributed by atoms with E-state index in [1.165, 1.54) is 53.8 Å². The molecule has 33 heteroatoms. The Hall–Kier alpha value is -9.64. The predicted molar refractivity (Wildman–Crippen MR) is 406 cm³/mol. The monoisotopic (exact) mass is 1560 g/mol. The van der Waals surface area contributed by atoms with Crippen LogP contribution in [0, 0.1) is 16.2 Å². The third-order valence-corrected chi connectivity index (χ3v) is 21.9. The van der Waals surface area contributed by atoms with Gasteiger partial charge in [-0.25, -0.2) is 24.4 Å². The molecule has 3 aliphatic heterocycles. The molecule has 7 atom stereocenters. The highest BCUT2D eigenvalue weighted by Gasteiger charge is 2.58. The highest BCUT2D eigenvalue weighted by atomic mass is 32.2. The lowest BCUT2D eigenvalue weighted by Gasteiger charge is -2.61. The van der Waals surface area contributed by atoms with Crippen molar-refractivity contribution in [1.29, 1.82) is 0 Å². The van der Waals surface area contributed by atoms with E-state index >= 15 is 0 Å². The van der Waals surface area contributed by atoms with Crippen LogP contribution in [0.15, 0.2) is 90.1 Å². The molecule has 0 radical (unpaired) electrons. The fourth-order valence-electron chi connectivity index (χ4n) is 16.4. The first-order chi connectivity index (χ1) is 52.3. The molecule has 2 aromatic heterocycles. The van der Waals surface area contributed by atoms with Gasteiger partial charge >= 0.3 is 18.0 Å². The number of pyridine rings is 1. The molecule has 594 valence electrons. The molecule has 110 heavy (non-hydrogen) atoms. The number of hydrogen-bond donors (Lipinski definition) is 8. The molecule has 9 N–H and O–H groups in total. The van der Waals surface area contributed by atoms with Crippen molar-refractivity contribution in [2.45, 2.75) is 161 Å². The summed E-state index contributed by atoms with van der Waals surface area (Å²) in [5.41, 5.74) is 9.13. The summed E-state index contributed by atoms with van der Waals surface area (Å²) in [6.07, 6.45) is 4.61. The van der Waals surface area contributed by atoms with Crippen molar-refractivity contribution in [3.8, 4) is 17.2 Å². The number of aliphatic hydroxyl groups excluding tert-OH is 1. The van der Waals surface area contributed by atoms with E-state index < -0.39 is 93.1 Å². The molecule has 3 fully saturated rings. The molecule has 31 nitrogen and oxygen atoms in total.